The molecule has 0 spiro atoms. The molecule has 0 radical (unpaired) electrons. The van der Waals surface area contributed by atoms with Crippen LogP contribution in [0.3, 0.4) is 0 Å². The fourth-order valence-corrected chi connectivity index (χ4v) is 5.29. The Morgan fingerprint density at radius 1 is 0.929 bits per heavy atom. The maximum atomic E-state index is 12.9. The summed E-state index contributed by atoms with van der Waals surface area (Å²) in [6, 6.07) is 23.0. The van der Waals surface area contributed by atoms with Crippen LogP contribution >= 0.6 is 0 Å². The van der Waals surface area contributed by atoms with Crippen LogP contribution in [0.2, 0.25) is 0 Å². The maximum absolute atomic E-state index is 12.9. The van der Waals surface area contributed by atoms with Crippen LogP contribution in [0.15, 0.2) is 77.7 Å². The Kier molecular flexibility index (Phi) is 4.91. The highest BCUT2D eigenvalue weighted by Crippen LogP contribution is 2.36. The number of fused-ring (bicyclic) bond motifs is 2. The van der Waals surface area contributed by atoms with E-state index in [-0.39, 0.29) is 0 Å². The van der Waals surface area contributed by atoms with E-state index in [0.29, 0.717) is 11.4 Å². The molecule has 3 aromatic rings. The third kappa shape index (κ3) is 3.93. The number of hydrogen-bond acceptors (Lipinski definition) is 3. The summed E-state index contributed by atoms with van der Waals surface area (Å²) in [4.78, 5) is 0.815. The normalized spacial score (nSPS) is 17.5. The number of sulfonamides is 1. The Balaban J connectivity index is 1.91. The highest BCUT2D eigenvalue weighted by atomic mass is 32.2. The van der Waals surface area contributed by atoms with Crippen molar-refractivity contribution < 1.29 is 12.6 Å². The first-order valence-electron chi connectivity index (χ1n) is 8.76. The second-order valence-corrected chi connectivity index (χ2v) is 9.87. The lowest BCUT2D eigenvalue weighted by Gasteiger charge is -2.12. The number of hydrogen-bond donors (Lipinski definition) is 1. The van der Waals surface area contributed by atoms with Gasteiger partial charge in [0.25, 0.3) is 0 Å². The number of nitrogens with one attached hydrogen (secondary N) is 1. The van der Waals surface area contributed by atoms with Crippen molar-refractivity contribution in [3.63, 3.8) is 0 Å². The van der Waals surface area contributed by atoms with Crippen LogP contribution in [-0.2, 0) is 26.6 Å². The fraction of sp³-hybridized carbons (Fsp3) is 0.0909. The van der Waals surface area contributed by atoms with E-state index in [1.54, 1.807) is 12.1 Å². The van der Waals surface area contributed by atoms with Gasteiger partial charge in [-0.15, -0.1) is 0 Å². The summed E-state index contributed by atoms with van der Waals surface area (Å²) < 4.78 is 38.5. The van der Waals surface area contributed by atoms with E-state index in [9.17, 15) is 12.6 Å². The molecule has 0 saturated carbocycles. The molecule has 1 aliphatic rings. The van der Waals surface area contributed by atoms with Crippen LogP contribution in [0.25, 0.3) is 11.6 Å². The van der Waals surface area contributed by atoms with Gasteiger partial charge in [-0.1, -0.05) is 54.6 Å². The molecule has 3 aromatic carbocycles. The molecule has 0 aliphatic carbocycles. The van der Waals surface area contributed by atoms with Crippen molar-refractivity contribution >= 4 is 38.2 Å². The number of anilines is 1. The summed E-state index contributed by atoms with van der Waals surface area (Å²) >= 11 is 0. The van der Waals surface area contributed by atoms with Crippen molar-refractivity contribution in [1.82, 2.24) is 0 Å². The topological polar surface area (TPSA) is 63.2 Å². The van der Waals surface area contributed by atoms with E-state index < -0.39 is 20.8 Å². The summed E-state index contributed by atoms with van der Waals surface area (Å²) in [7, 11) is -4.47. The van der Waals surface area contributed by atoms with Gasteiger partial charge in [-0.25, -0.2) is 8.42 Å². The Bertz CT molecular complexity index is 1210. The summed E-state index contributed by atoms with van der Waals surface area (Å²) in [5, 5.41) is 0. The maximum Gasteiger partial charge on any atom is 0.229 e. The average molecular weight is 410 g/mol. The van der Waals surface area contributed by atoms with Crippen LogP contribution in [0.5, 0.6) is 0 Å². The highest BCUT2D eigenvalue weighted by Gasteiger charge is 2.22. The molecule has 0 amide bonds. The van der Waals surface area contributed by atoms with Gasteiger partial charge in [-0.05, 0) is 52.1 Å². The molecule has 1 aliphatic heterocycles. The van der Waals surface area contributed by atoms with E-state index in [1.807, 2.05) is 66.7 Å². The zero-order valence-electron chi connectivity index (χ0n) is 15.3. The third-order valence-electron chi connectivity index (χ3n) is 4.52. The first kappa shape index (κ1) is 18.7. The molecule has 0 aromatic heterocycles. The monoisotopic (exact) mass is 409 g/mol. The van der Waals surface area contributed by atoms with Crippen molar-refractivity contribution in [2.45, 2.75) is 10.6 Å². The summed E-state index contributed by atoms with van der Waals surface area (Å²) in [6.45, 7) is 0. The first-order chi connectivity index (χ1) is 13.4. The van der Waals surface area contributed by atoms with Gasteiger partial charge in [0.2, 0.25) is 10.0 Å². The van der Waals surface area contributed by atoms with Crippen molar-refractivity contribution in [1.29, 1.82) is 0 Å². The van der Waals surface area contributed by atoms with Crippen LogP contribution in [0.1, 0.15) is 22.3 Å². The lowest BCUT2D eigenvalue weighted by molar-refractivity contribution is 0.607. The van der Waals surface area contributed by atoms with E-state index in [1.165, 1.54) is 0 Å². The predicted octanol–water partition coefficient (Wildman–Crippen LogP) is 4.27. The Hall–Kier alpha value is -2.70. The largest absolute Gasteiger partial charge is 0.284 e. The van der Waals surface area contributed by atoms with Crippen molar-refractivity contribution in [2.75, 3.05) is 11.0 Å². The smallest absolute Gasteiger partial charge is 0.229 e. The molecule has 1 unspecified atom stereocenters. The molecule has 1 atom stereocenters. The molecule has 4 nitrogen and oxygen atoms in total. The standard InChI is InChI=1S/C22H19NO3S2/c1-28(25,26)23-18-9-6-7-16(13-18)14-21-19-10-3-2-8-17(19)15-27(24)22-12-5-4-11-20(21)22/h2-14,23H,15H2,1H3. The van der Waals surface area contributed by atoms with E-state index >= 15 is 0 Å². The molecular weight excluding hydrogens is 390 g/mol. The number of rotatable bonds is 3. The van der Waals surface area contributed by atoms with Gasteiger partial charge in [-0.2, -0.15) is 0 Å². The van der Waals surface area contributed by atoms with Crippen LogP contribution in [0, 0.1) is 0 Å². The highest BCUT2D eigenvalue weighted by molar-refractivity contribution is 7.92. The SMILES string of the molecule is CS(=O)(=O)Nc1cccc(C=C2c3ccccc3CS(=O)c3ccccc32)c1. The molecule has 142 valence electrons. The van der Waals surface area contributed by atoms with Gasteiger partial charge >= 0.3 is 0 Å². The van der Waals surface area contributed by atoms with Crippen molar-refractivity contribution in [2.24, 2.45) is 0 Å². The molecule has 0 fully saturated rings. The Morgan fingerprint density at radius 2 is 1.64 bits per heavy atom. The molecule has 0 saturated heterocycles. The lowest BCUT2D eigenvalue weighted by atomic mass is 9.92. The summed E-state index contributed by atoms with van der Waals surface area (Å²) in [5.74, 6) is 0.472. The average Bonchev–Trinajstić information content (AvgIpc) is 2.76. The van der Waals surface area contributed by atoms with Gasteiger partial charge in [-0.3, -0.25) is 8.93 Å². The zero-order chi connectivity index (χ0) is 19.7. The molecule has 6 heteroatoms. The van der Waals surface area contributed by atoms with Crippen LogP contribution in [0.4, 0.5) is 5.69 Å². The minimum atomic E-state index is -3.35. The second-order valence-electron chi connectivity index (χ2n) is 6.70. The van der Waals surface area contributed by atoms with Crippen LogP contribution < -0.4 is 4.72 Å². The minimum absolute atomic E-state index is 0.472. The molecule has 1 heterocycles. The van der Waals surface area contributed by atoms with Gasteiger partial charge in [0, 0.05) is 10.6 Å². The summed E-state index contributed by atoms with van der Waals surface area (Å²) in [6.07, 6.45) is 3.15. The van der Waals surface area contributed by atoms with E-state index in [2.05, 4.69) is 4.72 Å². The Morgan fingerprint density at radius 3 is 2.43 bits per heavy atom. The molecule has 4 rings (SSSR count). The minimum Gasteiger partial charge on any atom is -0.284 e. The van der Waals surface area contributed by atoms with Crippen molar-refractivity contribution in [3.8, 4) is 0 Å². The quantitative estimate of drug-likeness (QED) is 0.703. The Labute approximate surface area is 167 Å². The fourth-order valence-electron chi connectivity index (χ4n) is 3.39. The van der Waals surface area contributed by atoms with Crippen molar-refractivity contribution in [3.05, 3.63) is 95.1 Å². The lowest BCUT2D eigenvalue weighted by Crippen LogP contribution is -2.09. The van der Waals surface area contributed by atoms with E-state index in [0.717, 1.165) is 39.0 Å². The van der Waals surface area contributed by atoms with E-state index in [4.69, 9.17) is 0 Å². The van der Waals surface area contributed by atoms with Gasteiger partial charge in [0.05, 0.1) is 22.8 Å². The van der Waals surface area contributed by atoms with Gasteiger partial charge < -0.3 is 0 Å². The molecule has 28 heavy (non-hydrogen) atoms. The third-order valence-corrected chi connectivity index (χ3v) is 6.54. The molecular formula is C22H19NO3S2. The first-order valence-corrected chi connectivity index (χ1v) is 12.0. The van der Waals surface area contributed by atoms with Gasteiger partial charge in [0.1, 0.15) is 0 Å². The molecule has 0 bridgehead atoms. The van der Waals surface area contributed by atoms with Crippen LogP contribution in [-0.4, -0.2) is 18.9 Å². The summed E-state index contributed by atoms with van der Waals surface area (Å²) in [5.41, 5.74) is 5.37. The second kappa shape index (κ2) is 7.37. The van der Waals surface area contributed by atoms with Gasteiger partial charge in [0.15, 0.2) is 0 Å². The zero-order valence-corrected chi connectivity index (χ0v) is 16.9. The molecule has 1 N–H and O–H groups in total. The predicted molar refractivity (Wildman–Crippen MR) is 115 cm³/mol. The number of benzene rings is 3.